The van der Waals surface area contributed by atoms with E-state index in [9.17, 15) is 13.6 Å². The fraction of sp³-hybridized carbons (Fsp3) is 0.500. The van der Waals surface area contributed by atoms with Crippen molar-refractivity contribution in [2.75, 3.05) is 6.54 Å². The van der Waals surface area contributed by atoms with E-state index in [-0.39, 0.29) is 21.9 Å². The van der Waals surface area contributed by atoms with E-state index in [2.05, 4.69) is 5.32 Å². The first-order chi connectivity index (χ1) is 9.47. The Bertz CT molecular complexity index is 510. The molecule has 1 amide bonds. The summed E-state index contributed by atoms with van der Waals surface area (Å²) in [5.74, 6) is -1.98. The third kappa shape index (κ3) is 3.83. The van der Waals surface area contributed by atoms with E-state index < -0.39 is 17.5 Å². The molecular weight excluding hydrogens is 307 g/mol. The molecule has 0 heterocycles. The van der Waals surface area contributed by atoms with Crippen LogP contribution in [-0.2, 0) is 0 Å². The predicted octanol–water partition coefficient (Wildman–Crippen LogP) is 4.15. The molecule has 0 aliphatic heterocycles. The molecule has 0 saturated heterocycles. The Morgan fingerprint density at radius 3 is 2.75 bits per heavy atom. The zero-order chi connectivity index (χ0) is 14.7. The highest BCUT2D eigenvalue weighted by atomic mass is 35.5. The van der Waals surface area contributed by atoms with E-state index in [1.165, 1.54) is 0 Å². The molecule has 0 radical (unpaired) electrons. The molecule has 20 heavy (non-hydrogen) atoms. The number of nitrogens with one attached hydrogen (secondary N) is 1. The molecule has 2 unspecified atom stereocenters. The summed E-state index contributed by atoms with van der Waals surface area (Å²) in [6.45, 7) is 0.422. The first kappa shape index (κ1) is 15.5. The summed E-state index contributed by atoms with van der Waals surface area (Å²) < 4.78 is 26.8. The Balaban J connectivity index is 1.96. The van der Waals surface area contributed by atoms with Crippen molar-refractivity contribution in [2.24, 2.45) is 5.92 Å². The van der Waals surface area contributed by atoms with E-state index in [0.29, 0.717) is 6.54 Å². The van der Waals surface area contributed by atoms with Crippen LogP contribution in [0.5, 0.6) is 0 Å². The van der Waals surface area contributed by atoms with Crippen LogP contribution in [-0.4, -0.2) is 17.8 Å². The minimum atomic E-state index is -0.826. The zero-order valence-electron chi connectivity index (χ0n) is 10.8. The van der Waals surface area contributed by atoms with Crippen LogP contribution in [0.15, 0.2) is 12.1 Å². The average molecular weight is 322 g/mol. The van der Waals surface area contributed by atoms with E-state index in [1.54, 1.807) is 0 Å². The van der Waals surface area contributed by atoms with Gasteiger partial charge in [-0.3, -0.25) is 4.79 Å². The molecule has 2 atom stereocenters. The van der Waals surface area contributed by atoms with Crippen LogP contribution in [0.1, 0.15) is 36.0 Å². The Morgan fingerprint density at radius 1 is 1.30 bits per heavy atom. The Hall–Kier alpha value is -0.870. The maximum atomic E-state index is 13.6. The number of amides is 1. The summed E-state index contributed by atoms with van der Waals surface area (Å²) in [5.41, 5.74) is -0.329. The summed E-state index contributed by atoms with van der Waals surface area (Å²) in [6.07, 6.45) is 3.84. The van der Waals surface area contributed by atoms with Gasteiger partial charge >= 0.3 is 0 Å². The number of rotatable bonds is 3. The number of benzene rings is 1. The maximum Gasteiger partial charge on any atom is 0.254 e. The van der Waals surface area contributed by atoms with Gasteiger partial charge < -0.3 is 5.32 Å². The Kier molecular flexibility index (Phi) is 5.22. The fourth-order valence-electron chi connectivity index (χ4n) is 2.44. The molecule has 0 bridgehead atoms. The number of carbonyl (C=O) groups is 1. The first-order valence-electron chi connectivity index (χ1n) is 6.54. The van der Waals surface area contributed by atoms with Crippen LogP contribution in [0.2, 0.25) is 5.02 Å². The molecule has 0 spiro atoms. The molecule has 1 aromatic carbocycles. The molecular formula is C14H15Cl2F2NO. The predicted molar refractivity (Wildman–Crippen MR) is 75.3 cm³/mol. The Morgan fingerprint density at radius 2 is 2.05 bits per heavy atom. The largest absolute Gasteiger partial charge is 0.352 e. The highest BCUT2D eigenvalue weighted by Crippen LogP contribution is 2.27. The van der Waals surface area contributed by atoms with Crippen LogP contribution in [0.3, 0.4) is 0 Å². The molecule has 110 valence electrons. The summed E-state index contributed by atoms with van der Waals surface area (Å²) in [5, 5.41) is 2.43. The number of hydrogen-bond donors (Lipinski definition) is 1. The van der Waals surface area contributed by atoms with Gasteiger partial charge in [0, 0.05) is 11.9 Å². The highest BCUT2D eigenvalue weighted by Gasteiger charge is 2.22. The second kappa shape index (κ2) is 6.72. The monoisotopic (exact) mass is 321 g/mol. The molecule has 1 saturated carbocycles. The summed E-state index contributed by atoms with van der Waals surface area (Å²) in [7, 11) is 0. The number of alkyl halides is 1. The number of carbonyl (C=O) groups excluding carboxylic acids is 1. The van der Waals surface area contributed by atoms with Gasteiger partial charge in [0.25, 0.3) is 5.91 Å². The maximum absolute atomic E-state index is 13.6. The third-order valence-electron chi connectivity index (χ3n) is 3.52. The van der Waals surface area contributed by atoms with Gasteiger partial charge in [-0.05, 0) is 37.3 Å². The van der Waals surface area contributed by atoms with Crippen molar-refractivity contribution in [3.63, 3.8) is 0 Å². The molecule has 0 aromatic heterocycles. The lowest BCUT2D eigenvalue weighted by molar-refractivity contribution is 0.0939. The van der Waals surface area contributed by atoms with Gasteiger partial charge in [0.05, 0.1) is 10.6 Å². The molecule has 1 fully saturated rings. The van der Waals surface area contributed by atoms with Gasteiger partial charge in [-0.25, -0.2) is 8.78 Å². The molecule has 1 aromatic rings. The van der Waals surface area contributed by atoms with Crippen molar-refractivity contribution in [1.82, 2.24) is 5.32 Å². The standard InChI is InChI=1S/C14H15Cl2F2NO/c15-9-3-1-2-8(4-9)7-19-14(20)10-5-13(18)11(16)6-12(10)17/h5-6,8-9H,1-4,7H2,(H,19,20). The van der Waals surface area contributed by atoms with Gasteiger partial charge in [-0.2, -0.15) is 0 Å². The average Bonchev–Trinajstić information content (AvgIpc) is 2.40. The molecule has 2 rings (SSSR count). The molecule has 1 aliphatic rings. The van der Waals surface area contributed by atoms with Gasteiger partial charge in [0.1, 0.15) is 11.6 Å². The normalized spacial score (nSPS) is 22.6. The molecule has 1 N–H and O–H groups in total. The van der Waals surface area contributed by atoms with Crippen molar-refractivity contribution in [2.45, 2.75) is 31.1 Å². The van der Waals surface area contributed by atoms with Crippen LogP contribution in [0, 0.1) is 17.6 Å². The second-order valence-corrected chi connectivity index (χ2v) is 6.11. The van der Waals surface area contributed by atoms with Crippen molar-refractivity contribution in [3.05, 3.63) is 34.4 Å². The SMILES string of the molecule is O=C(NCC1CCCC(Cl)C1)c1cc(F)c(Cl)cc1F. The van der Waals surface area contributed by atoms with Gasteiger partial charge in [-0.15, -0.1) is 11.6 Å². The van der Waals surface area contributed by atoms with Gasteiger partial charge in [0.15, 0.2) is 0 Å². The van der Waals surface area contributed by atoms with Crippen molar-refractivity contribution < 1.29 is 13.6 Å². The van der Waals surface area contributed by atoms with Crippen molar-refractivity contribution in [1.29, 1.82) is 0 Å². The summed E-state index contributed by atoms with van der Waals surface area (Å²) in [6, 6.07) is 1.62. The van der Waals surface area contributed by atoms with Crippen molar-refractivity contribution >= 4 is 29.1 Å². The summed E-state index contributed by atoms with van der Waals surface area (Å²) in [4.78, 5) is 11.9. The molecule has 2 nitrogen and oxygen atoms in total. The second-order valence-electron chi connectivity index (χ2n) is 5.09. The zero-order valence-corrected chi connectivity index (χ0v) is 12.3. The van der Waals surface area contributed by atoms with Crippen LogP contribution in [0.4, 0.5) is 8.78 Å². The van der Waals surface area contributed by atoms with Crippen LogP contribution in [0.25, 0.3) is 0 Å². The fourth-order valence-corrected chi connectivity index (χ4v) is 3.00. The number of halogens is 4. The van der Waals surface area contributed by atoms with Crippen molar-refractivity contribution in [3.8, 4) is 0 Å². The Labute approximate surface area is 126 Å². The quantitative estimate of drug-likeness (QED) is 0.657. The topological polar surface area (TPSA) is 29.1 Å². The van der Waals surface area contributed by atoms with Crippen LogP contribution >= 0.6 is 23.2 Å². The lowest BCUT2D eigenvalue weighted by Gasteiger charge is -2.25. The van der Waals surface area contributed by atoms with Crippen LogP contribution < -0.4 is 5.32 Å². The molecule has 1 aliphatic carbocycles. The lowest BCUT2D eigenvalue weighted by atomic mass is 9.89. The summed E-state index contributed by atoms with van der Waals surface area (Å²) >= 11 is 11.5. The van der Waals surface area contributed by atoms with Gasteiger partial charge in [-0.1, -0.05) is 18.0 Å². The third-order valence-corrected chi connectivity index (χ3v) is 4.21. The van der Waals surface area contributed by atoms with E-state index >= 15 is 0 Å². The highest BCUT2D eigenvalue weighted by molar-refractivity contribution is 6.30. The smallest absolute Gasteiger partial charge is 0.254 e. The minimum absolute atomic E-state index is 0.135. The van der Waals surface area contributed by atoms with E-state index in [1.807, 2.05) is 0 Å². The van der Waals surface area contributed by atoms with E-state index in [4.69, 9.17) is 23.2 Å². The molecule has 6 heteroatoms. The number of hydrogen-bond acceptors (Lipinski definition) is 1. The van der Waals surface area contributed by atoms with E-state index in [0.717, 1.165) is 37.8 Å². The lowest BCUT2D eigenvalue weighted by Crippen LogP contribution is -2.32. The first-order valence-corrected chi connectivity index (χ1v) is 7.35. The van der Waals surface area contributed by atoms with Gasteiger partial charge in [0.2, 0.25) is 0 Å². The minimum Gasteiger partial charge on any atom is -0.352 e.